The third kappa shape index (κ3) is 5.24. The van der Waals surface area contributed by atoms with Gasteiger partial charge in [0, 0.05) is 11.3 Å². The van der Waals surface area contributed by atoms with Crippen molar-refractivity contribution < 1.29 is 8.81 Å². The van der Waals surface area contributed by atoms with Gasteiger partial charge in [0.25, 0.3) is 5.56 Å². The van der Waals surface area contributed by atoms with E-state index < -0.39 is 0 Å². The number of fused-ring (bicyclic) bond motifs is 1. The molecule has 2 heterocycles. The van der Waals surface area contributed by atoms with Gasteiger partial charge in [-0.3, -0.25) is 9.36 Å². The van der Waals surface area contributed by atoms with Gasteiger partial charge in [-0.2, -0.15) is 0 Å². The molecule has 5 aromatic rings. The summed E-state index contributed by atoms with van der Waals surface area (Å²) in [5.74, 6) is 0.967. The number of hydrogen-bond acceptors (Lipinski definition) is 4. The highest BCUT2D eigenvalue weighted by Gasteiger charge is 2.13. The molecule has 0 radical (unpaired) electrons. The average molecular weight is 503 g/mol. The third-order valence-corrected chi connectivity index (χ3v) is 6.89. The lowest BCUT2D eigenvalue weighted by molar-refractivity contribution is 0.476. The van der Waals surface area contributed by atoms with Crippen molar-refractivity contribution in [3.63, 3.8) is 0 Å². The number of furan rings is 1. The largest absolute Gasteiger partial charge is 0.467 e. The summed E-state index contributed by atoms with van der Waals surface area (Å²) < 4.78 is 21.1. The lowest BCUT2D eigenvalue weighted by Gasteiger charge is -2.12. The molecule has 0 saturated heterocycles. The maximum Gasteiger partial charge on any atom is 0.262 e. The van der Waals surface area contributed by atoms with Crippen molar-refractivity contribution in [3.8, 4) is 0 Å². The second-order valence-corrected chi connectivity index (χ2v) is 9.23. The summed E-state index contributed by atoms with van der Waals surface area (Å²) in [5.41, 5.74) is 2.94. The average Bonchev–Trinajstić information content (AvgIpc) is 3.38. The Morgan fingerprint density at radius 2 is 1.80 bits per heavy atom. The van der Waals surface area contributed by atoms with Crippen LogP contribution in [0.15, 0.2) is 99.5 Å². The predicted octanol–water partition coefficient (Wildman–Crippen LogP) is 7.29. The fourth-order valence-corrected chi connectivity index (χ4v) is 4.86. The Morgan fingerprint density at radius 3 is 2.57 bits per heavy atom. The van der Waals surface area contributed by atoms with E-state index in [0.717, 1.165) is 11.1 Å². The first kappa shape index (κ1) is 23.1. The molecular formula is C28H20ClFN2O2S. The molecule has 2 aromatic heterocycles. The van der Waals surface area contributed by atoms with Crippen molar-refractivity contribution in [2.45, 2.75) is 17.5 Å². The van der Waals surface area contributed by atoms with Crippen molar-refractivity contribution in [2.75, 3.05) is 0 Å². The maximum atomic E-state index is 14.0. The second-order valence-electron chi connectivity index (χ2n) is 7.88. The van der Waals surface area contributed by atoms with Gasteiger partial charge in [0.15, 0.2) is 5.16 Å². The van der Waals surface area contributed by atoms with Crippen LogP contribution < -0.4 is 5.56 Å². The van der Waals surface area contributed by atoms with Crippen molar-refractivity contribution in [3.05, 3.63) is 129 Å². The van der Waals surface area contributed by atoms with E-state index in [1.165, 1.54) is 17.8 Å². The zero-order valence-corrected chi connectivity index (χ0v) is 20.1. The Labute approximate surface area is 210 Å². The van der Waals surface area contributed by atoms with E-state index in [0.29, 0.717) is 44.7 Å². The van der Waals surface area contributed by atoms with Gasteiger partial charge in [-0.25, -0.2) is 9.37 Å². The van der Waals surface area contributed by atoms with E-state index in [1.807, 2.05) is 54.6 Å². The monoisotopic (exact) mass is 502 g/mol. The van der Waals surface area contributed by atoms with Gasteiger partial charge in [-0.1, -0.05) is 71.9 Å². The van der Waals surface area contributed by atoms with Gasteiger partial charge < -0.3 is 4.42 Å². The molecule has 7 heteroatoms. The van der Waals surface area contributed by atoms with E-state index in [4.69, 9.17) is 21.0 Å². The molecule has 35 heavy (non-hydrogen) atoms. The predicted molar refractivity (Wildman–Crippen MR) is 140 cm³/mol. The molecule has 0 unspecified atom stereocenters. The third-order valence-electron chi connectivity index (χ3n) is 5.51. The first-order valence-electron chi connectivity index (χ1n) is 10.9. The van der Waals surface area contributed by atoms with E-state index in [2.05, 4.69) is 0 Å². The number of rotatable bonds is 7. The Morgan fingerprint density at radius 1 is 0.971 bits per heavy atom. The molecule has 4 nitrogen and oxygen atoms in total. The lowest BCUT2D eigenvalue weighted by atomic mass is 10.1. The van der Waals surface area contributed by atoms with Gasteiger partial charge >= 0.3 is 0 Å². The summed E-state index contributed by atoms with van der Waals surface area (Å²) >= 11 is 7.59. The number of aromatic nitrogens is 2. The van der Waals surface area contributed by atoms with Crippen LogP contribution in [0.3, 0.4) is 0 Å². The summed E-state index contributed by atoms with van der Waals surface area (Å²) in [6.45, 7) is 0.314. The molecule has 0 N–H and O–H groups in total. The van der Waals surface area contributed by atoms with E-state index >= 15 is 0 Å². The minimum Gasteiger partial charge on any atom is -0.467 e. The fraction of sp³-hybridized carbons (Fsp3) is 0.0714. The minimum atomic E-state index is -0.356. The molecule has 0 aliphatic carbocycles. The Balaban J connectivity index is 1.36. The second kappa shape index (κ2) is 10.3. The first-order chi connectivity index (χ1) is 17.1. The molecule has 0 aliphatic rings. The number of benzene rings is 3. The zero-order valence-electron chi connectivity index (χ0n) is 18.5. The van der Waals surface area contributed by atoms with Gasteiger partial charge in [-0.15, -0.1) is 0 Å². The van der Waals surface area contributed by atoms with Crippen molar-refractivity contribution in [1.82, 2.24) is 9.55 Å². The minimum absolute atomic E-state index is 0.0956. The molecule has 0 atom stereocenters. The van der Waals surface area contributed by atoms with Crippen LogP contribution in [0.5, 0.6) is 0 Å². The SMILES string of the molecule is O=c1c2ccccc2nc(SCc2ccc(C=Cc3c(F)cccc3Cl)cc2)n1Cc1ccco1. The highest BCUT2D eigenvalue weighted by atomic mass is 35.5. The summed E-state index contributed by atoms with van der Waals surface area (Å²) in [4.78, 5) is 17.9. The van der Waals surface area contributed by atoms with Crippen LogP contribution in [0.4, 0.5) is 4.39 Å². The van der Waals surface area contributed by atoms with E-state index in [-0.39, 0.29) is 11.4 Å². The molecular weight excluding hydrogens is 483 g/mol. The lowest BCUT2D eigenvalue weighted by Crippen LogP contribution is -2.23. The highest BCUT2D eigenvalue weighted by molar-refractivity contribution is 7.98. The van der Waals surface area contributed by atoms with Crippen molar-refractivity contribution in [2.24, 2.45) is 0 Å². The van der Waals surface area contributed by atoms with Crippen LogP contribution in [0.2, 0.25) is 5.02 Å². The number of hydrogen-bond donors (Lipinski definition) is 0. The molecule has 0 saturated carbocycles. The Bertz CT molecular complexity index is 1540. The standard InChI is InChI=1S/C28H20ClFN2O2S/c29-24-7-3-8-25(30)22(24)15-14-19-10-12-20(13-11-19)18-35-28-31-26-9-2-1-6-23(26)27(33)32(28)17-21-5-4-16-34-21/h1-16H,17-18H2. The summed E-state index contributed by atoms with van der Waals surface area (Å²) in [6.07, 6.45) is 5.10. The summed E-state index contributed by atoms with van der Waals surface area (Å²) in [6, 6.07) is 23.6. The molecule has 174 valence electrons. The van der Waals surface area contributed by atoms with Gasteiger partial charge in [-0.05, 0) is 53.6 Å². The van der Waals surface area contributed by atoms with Crippen LogP contribution in [0.25, 0.3) is 23.1 Å². The molecule has 0 aliphatic heterocycles. The van der Waals surface area contributed by atoms with Crippen molar-refractivity contribution in [1.29, 1.82) is 0 Å². The molecule has 3 aromatic carbocycles. The van der Waals surface area contributed by atoms with E-state index in [1.54, 1.807) is 41.2 Å². The quantitative estimate of drug-likeness (QED) is 0.133. The smallest absolute Gasteiger partial charge is 0.262 e. The normalized spacial score (nSPS) is 11.5. The van der Waals surface area contributed by atoms with Gasteiger partial charge in [0.1, 0.15) is 11.6 Å². The molecule has 0 bridgehead atoms. The Hall–Kier alpha value is -3.61. The van der Waals surface area contributed by atoms with Crippen LogP contribution in [0, 0.1) is 5.82 Å². The molecule has 0 fully saturated rings. The fourth-order valence-electron chi connectivity index (χ4n) is 3.68. The summed E-state index contributed by atoms with van der Waals surface area (Å²) in [5, 5.41) is 1.58. The maximum absolute atomic E-state index is 14.0. The number of nitrogens with zero attached hydrogens (tertiary/aromatic N) is 2. The number of halogens is 2. The Kier molecular flexibility index (Phi) is 6.84. The molecule has 0 spiro atoms. The highest BCUT2D eigenvalue weighted by Crippen LogP contribution is 2.25. The molecule has 0 amide bonds. The van der Waals surface area contributed by atoms with Crippen LogP contribution in [-0.2, 0) is 12.3 Å². The van der Waals surface area contributed by atoms with Crippen molar-refractivity contribution >= 4 is 46.4 Å². The van der Waals surface area contributed by atoms with Crippen LogP contribution in [-0.4, -0.2) is 9.55 Å². The zero-order chi connectivity index (χ0) is 24.2. The topological polar surface area (TPSA) is 48.0 Å². The number of thioether (sulfide) groups is 1. The molecule has 5 rings (SSSR count). The number of para-hydroxylation sites is 1. The van der Waals surface area contributed by atoms with Crippen LogP contribution in [0.1, 0.15) is 22.5 Å². The van der Waals surface area contributed by atoms with Gasteiger partial charge in [0.05, 0.1) is 28.7 Å². The van der Waals surface area contributed by atoms with Gasteiger partial charge in [0.2, 0.25) is 0 Å². The van der Waals surface area contributed by atoms with Crippen LogP contribution >= 0.6 is 23.4 Å². The van der Waals surface area contributed by atoms with E-state index in [9.17, 15) is 9.18 Å². The summed E-state index contributed by atoms with van der Waals surface area (Å²) in [7, 11) is 0. The first-order valence-corrected chi connectivity index (χ1v) is 12.3.